The minimum atomic E-state index is 0.250. The van der Waals surface area contributed by atoms with Crippen LogP contribution >= 0.6 is 23.2 Å². The minimum Gasteiger partial charge on any atom is -0.379 e. The standard InChI is InChI=1S/C15H18Cl2N2O/c1-20-14-4-2-3-12(14)19-13-9-10(17)5-6-11(13)18-15(19)7-8-16/h5-6,9,12,14H,2-4,7-8H2,1H3. The van der Waals surface area contributed by atoms with Crippen molar-refractivity contribution in [2.75, 3.05) is 13.0 Å². The minimum absolute atomic E-state index is 0.250. The molecule has 0 N–H and O–H groups in total. The summed E-state index contributed by atoms with van der Waals surface area (Å²) in [6, 6.07) is 6.19. The molecule has 0 radical (unpaired) electrons. The number of aryl methyl sites for hydroxylation is 1. The van der Waals surface area contributed by atoms with E-state index in [0.717, 1.165) is 41.1 Å². The number of hydrogen-bond donors (Lipinski definition) is 0. The molecule has 3 nitrogen and oxygen atoms in total. The zero-order valence-corrected chi connectivity index (χ0v) is 13.0. The Morgan fingerprint density at radius 2 is 2.25 bits per heavy atom. The van der Waals surface area contributed by atoms with Gasteiger partial charge in [-0.05, 0) is 37.5 Å². The molecule has 108 valence electrons. The molecule has 1 aromatic heterocycles. The van der Waals surface area contributed by atoms with E-state index in [0.29, 0.717) is 11.9 Å². The number of benzene rings is 1. The fraction of sp³-hybridized carbons (Fsp3) is 0.533. The summed E-state index contributed by atoms with van der Waals surface area (Å²) in [5.74, 6) is 1.60. The molecule has 5 heteroatoms. The quantitative estimate of drug-likeness (QED) is 0.791. The largest absolute Gasteiger partial charge is 0.379 e. The summed E-state index contributed by atoms with van der Waals surface area (Å²) in [4.78, 5) is 4.72. The lowest BCUT2D eigenvalue weighted by molar-refractivity contribution is 0.0753. The van der Waals surface area contributed by atoms with Crippen molar-refractivity contribution in [3.8, 4) is 0 Å². The molecule has 2 aromatic rings. The molecule has 3 rings (SSSR count). The van der Waals surface area contributed by atoms with Gasteiger partial charge in [0.05, 0.1) is 23.2 Å². The fourth-order valence-electron chi connectivity index (χ4n) is 3.22. The average Bonchev–Trinajstić information content (AvgIpc) is 3.02. The molecule has 0 aliphatic heterocycles. The number of imidazole rings is 1. The van der Waals surface area contributed by atoms with Gasteiger partial charge in [-0.25, -0.2) is 4.98 Å². The highest BCUT2D eigenvalue weighted by atomic mass is 35.5. The van der Waals surface area contributed by atoms with Gasteiger partial charge in [-0.1, -0.05) is 11.6 Å². The molecule has 1 heterocycles. The van der Waals surface area contributed by atoms with E-state index in [9.17, 15) is 0 Å². The van der Waals surface area contributed by atoms with Crippen molar-refractivity contribution in [3.05, 3.63) is 29.0 Å². The van der Waals surface area contributed by atoms with Crippen molar-refractivity contribution in [2.24, 2.45) is 0 Å². The van der Waals surface area contributed by atoms with E-state index in [1.54, 1.807) is 7.11 Å². The number of rotatable bonds is 4. The Morgan fingerprint density at radius 3 is 3.00 bits per heavy atom. The van der Waals surface area contributed by atoms with Crippen LogP contribution in [0.3, 0.4) is 0 Å². The molecule has 0 saturated heterocycles. The van der Waals surface area contributed by atoms with Crippen LogP contribution < -0.4 is 0 Å². The Bertz CT molecular complexity index is 611. The Balaban J connectivity index is 2.14. The van der Waals surface area contributed by atoms with Gasteiger partial charge < -0.3 is 9.30 Å². The van der Waals surface area contributed by atoms with E-state index in [4.69, 9.17) is 32.9 Å². The lowest BCUT2D eigenvalue weighted by Crippen LogP contribution is -2.22. The number of aromatic nitrogens is 2. The highest BCUT2D eigenvalue weighted by Crippen LogP contribution is 2.36. The summed E-state index contributed by atoms with van der Waals surface area (Å²) in [5, 5.41) is 0.739. The Kier molecular flexibility index (Phi) is 4.20. The van der Waals surface area contributed by atoms with Gasteiger partial charge in [0.1, 0.15) is 5.82 Å². The maximum absolute atomic E-state index is 6.16. The second kappa shape index (κ2) is 5.92. The molecule has 0 amide bonds. The van der Waals surface area contributed by atoms with Crippen molar-refractivity contribution in [2.45, 2.75) is 37.8 Å². The zero-order valence-electron chi connectivity index (χ0n) is 11.5. The van der Waals surface area contributed by atoms with Crippen LogP contribution in [0.4, 0.5) is 0 Å². The van der Waals surface area contributed by atoms with Crippen molar-refractivity contribution in [1.29, 1.82) is 0 Å². The number of alkyl halides is 1. The lowest BCUT2D eigenvalue weighted by atomic mass is 10.2. The molecular weight excluding hydrogens is 295 g/mol. The highest BCUT2D eigenvalue weighted by Gasteiger charge is 2.31. The van der Waals surface area contributed by atoms with Gasteiger partial charge in [0.15, 0.2) is 0 Å². The number of halogens is 2. The third-order valence-electron chi connectivity index (χ3n) is 4.09. The molecule has 1 fully saturated rings. The van der Waals surface area contributed by atoms with Crippen LogP contribution in [-0.4, -0.2) is 28.6 Å². The molecule has 1 saturated carbocycles. The van der Waals surface area contributed by atoms with Crippen molar-refractivity contribution in [3.63, 3.8) is 0 Å². The van der Waals surface area contributed by atoms with Gasteiger partial charge in [-0.2, -0.15) is 0 Å². The van der Waals surface area contributed by atoms with Crippen LogP contribution in [0.5, 0.6) is 0 Å². The van der Waals surface area contributed by atoms with Crippen LogP contribution in [0.25, 0.3) is 11.0 Å². The topological polar surface area (TPSA) is 27.1 Å². The Hall–Kier alpha value is -0.770. The average molecular weight is 313 g/mol. The SMILES string of the molecule is COC1CCCC1n1c(CCCl)nc2ccc(Cl)cc21. The number of hydrogen-bond acceptors (Lipinski definition) is 2. The van der Waals surface area contributed by atoms with Crippen LogP contribution in [0.1, 0.15) is 31.1 Å². The second-order valence-corrected chi connectivity index (χ2v) is 6.06. The molecule has 20 heavy (non-hydrogen) atoms. The van der Waals surface area contributed by atoms with Gasteiger partial charge in [-0.3, -0.25) is 0 Å². The summed E-state index contributed by atoms with van der Waals surface area (Å²) in [7, 11) is 1.79. The molecule has 2 unspecified atom stereocenters. The predicted molar refractivity (Wildman–Crippen MR) is 82.9 cm³/mol. The second-order valence-electron chi connectivity index (χ2n) is 5.24. The van der Waals surface area contributed by atoms with Gasteiger partial charge >= 0.3 is 0 Å². The number of fused-ring (bicyclic) bond motifs is 1. The van der Waals surface area contributed by atoms with Gasteiger partial charge in [0.2, 0.25) is 0 Å². The third-order valence-corrected chi connectivity index (χ3v) is 4.52. The maximum atomic E-state index is 6.16. The molecule has 1 aromatic carbocycles. The summed E-state index contributed by atoms with van der Waals surface area (Å²) < 4.78 is 7.94. The third kappa shape index (κ3) is 2.43. The van der Waals surface area contributed by atoms with Gasteiger partial charge in [0, 0.05) is 24.4 Å². The number of methoxy groups -OCH3 is 1. The van der Waals surface area contributed by atoms with E-state index in [-0.39, 0.29) is 6.10 Å². The molecular formula is C15H18Cl2N2O. The predicted octanol–water partition coefficient (Wildman–Crippen LogP) is 4.21. The first-order valence-corrected chi connectivity index (χ1v) is 7.91. The van der Waals surface area contributed by atoms with Crippen molar-refractivity contribution < 1.29 is 4.74 Å². The zero-order chi connectivity index (χ0) is 14.1. The first kappa shape index (κ1) is 14.2. The Labute approximate surface area is 128 Å². The fourth-order valence-corrected chi connectivity index (χ4v) is 3.56. The summed E-state index contributed by atoms with van der Waals surface area (Å²) in [6.07, 6.45) is 4.42. The van der Waals surface area contributed by atoms with Crippen LogP contribution in [0, 0.1) is 0 Å². The smallest absolute Gasteiger partial charge is 0.111 e. The Morgan fingerprint density at radius 1 is 1.40 bits per heavy atom. The van der Waals surface area contributed by atoms with Gasteiger partial charge in [0.25, 0.3) is 0 Å². The maximum Gasteiger partial charge on any atom is 0.111 e. The van der Waals surface area contributed by atoms with E-state index < -0.39 is 0 Å². The van der Waals surface area contributed by atoms with E-state index >= 15 is 0 Å². The highest BCUT2D eigenvalue weighted by molar-refractivity contribution is 6.31. The summed E-state index contributed by atoms with van der Waals surface area (Å²) in [5.41, 5.74) is 2.07. The lowest BCUT2D eigenvalue weighted by Gasteiger charge is -2.22. The molecule has 1 aliphatic carbocycles. The van der Waals surface area contributed by atoms with Crippen molar-refractivity contribution >= 4 is 34.2 Å². The summed E-state index contributed by atoms with van der Waals surface area (Å²) >= 11 is 12.1. The van der Waals surface area contributed by atoms with Crippen LogP contribution in [0.2, 0.25) is 5.02 Å². The number of ether oxygens (including phenoxy) is 1. The van der Waals surface area contributed by atoms with E-state index in [1.165, 1.54) is 6.42 Å². The van der Waals surface area contributed by atoms with E-state index in [1.807, 2.05) is 18.2 Å². The first-order valence-electron chi connectivity index (χ1n) is 6.99. The van der Waals surface area contributed by atoms with E-state index in [2.05, 4.69) is 4.57 Å². The first-order chi connectivity index (χ1) is 9.74. The normalized spacial score (nSPS) is 22.8. The molecule has 2 atom stereocenters. The van der Waals surface area contributed by atoms with Crippen LogP contribution in [-0.2, 0) is 11.2 Å². The van der Waals surface area contributed by atoms with Crippen LogP contribution in [0.15, 0.2) is 18.2 Å². The summed E-state index contributed by atoms with van der Waals surface area (Å²) in [6.45, 7) is 0. The van der Waals surface area contributed by atoms with Crippen molar-refractivity contribution in [1.82, 2.24) is 9.55 Å². The van der Waals surface area contributed by atoms with Gasteiger partial charge in [-0.15, -0.1) is 11.6 Å². The monoisotopic (exact) mass is 312 g/mol. The molecule has 0 spiro atoms. The number of nitrogens with zero attached hydrogens (tertiary/aromatic N) is 2. The molecule has 0 bridgehead atoms. The molecule has 1 aliphatic rings.